The maximum absolute atomic E-state index is 12.2. The number of fused-ring (bicyclic) bond motifs is 1. The normalized spacial score (nSPS) is 10.4. The van der Waals surface area contributed by atoms with E-state index in [1.54, 1.807) is 12.1 Å². The molecule has 0 saturated heterocycles. The van der Waals surface area contributed by atoms with Crippen LogP contribution >= 0.6 is 0 Å². The third-order valence-electron chi connectivity index (χ3n) is 3.62. The average molecular weight is 304 g/mol. The number of carbonyl (C=O) groups excluding carboxylic acids is 1. The molecule has 0 saturated carbocycles. The summed E-state index contributed by atoms with van der Waals surface area (Å²) in [7, 11) is 0. The quantitative estimate of drug-likeness (QED) is 0.801. The zero-order valence-electron chi connectivity index (χ0n) is 12.8. The highest BCUT2D eigenvalue weighted by Crippen LogP contribution is 2.21. The number of carbonyl (C=O) groups is 1. The molecular formula is C18H16N4O. The maximum atomic E-state index is 12.2. The van der Waals surface area contributed by atoms with E-state index in [1.165, 1.54) is 6.20 Å². The van der Waals surface area contributed by atoms with Crippen LogP contribution in [0.2, 0.25) is 0 Å². The van der Waals surface area contributed by atoms with E-state index in [1.807, 2.05) is 24.3 Å². The van der Waals surface area contributed by atoms with Crippen LogP contribution in [0.3, 0.4) is 0 Å². The summed E-state index contributed by atoms with van der Waals surface area (Å²) in [6.45, 7) is 3.08. The highest BCUT2D eigenvalue weighted by Gasteiger charge is 2.09. The molecule has 0 radical (unpaired) electrons. The third-order valence-corrected chi connectivity index (χ3v) is 3.62. The summed E-state index contributed by atoms with van der Waals surface area (Å²) in [6, 6.07) is 13.0. The van der Waals surface area contributed by atoms with E-state index in [0.29, 0.717) is 5.56 Å². The molecule has 0 spiro atoms. The summed E-state index contributed by atoms with van der Waals surface area (Å²) >= 11 is 0. The Hall–Kier alpha value is -3.13. The zero-order valence-corrected chi connectivity index (χ0v) is 12.8. The van der Waals surface area contributed by atoms with Crippen LogP contribution in [0.1, 0.15) is 29.4 Å². The summed E-state index contributed by atoms with van der Waals surface area (Å²) in [5.41, 5.74) is 2.54. The number of nitrogens with one attached hydrogen (secondary N) is 1. The van der Waals surface area contributed by atoms with Gasteiger partial charge in [-0.25, -0.2) is 4.98 Å². The summed E-state index contributed by atoms with van der Waals surface area (Å²) in [6.07, 6.45) is 4.50. The highest BCUT2D eigenvalue weighted by atomic mass is 16.1. The number of aryl methyl sites for hydroxylation is 1. The molecule has 5 nitrogen and oxygen atoms in total. The van der Waals surface area contributed by atoms with Crippen molar-refractivity contribution >= 4 is 22.5 Å². The van der Waals surface area contributed by atoms with Gasteiger partial charge in [0.25, 0.3) is 5.91 Å². The molecular weight excluding hydrogens is 288 g/mol. The Balaban J connectivity index is 1.83. The van der Waals surface area contributed by atoms with Gasteiger partial charge in [0.1, 0.15) is 11.8 Å². The summed E-state index contributed by atoms with van der Waals surface area (Å²) in [5, 5.41) is 12.8. The number of amides is 1. The Kier molecular flexibility index (Phi) is 4.07. The number of aromatic nitrogens is 2. The first-order chi connectivity index (χ1) is 11.2. The smallest absolute Gasteiger partial charge is 0.274 e. The molecule has 2 aromatic heterocycles. The Labute approximate surface area is 134 Å². The van der Waals surface area contributed by atoms with E-state index in [9.17, 15) is 4.79 Å². The molecule has 5 heteroatoms. The predicted molar refractivity (Wildman–Crippen MR) is 89.1 cm³/mol. The van der Waals surface area contributed by atoms with Gasteiger partial charge in [0.2, 0.25) is 0 Å². The number of benzene rings is 1. The molecule has 23 heavy (non-hydrogen) atoms. The second kappa shape index (κ2) is 6.32. The molecule has 114 valence electrons. The van der Waals surface area contributed by atoms with E-state index in [4.69, 9.17) is 5.26 Å². The van der Waals surface area contributed by atoms with Crippen LogP contribution in [0, 0.1) is 11.3 Å². The molecule has 0 unspecified atom stereocenters. The minimum atomic E-state index is -0.289. The molecule has 2 heterocycles. The SMILES string of the molecule is CCCn1ccc2ccc(NC(=O)c3ccc(C#N)cn3)cc21. The minimum absolute atomic E-state index is 0.285. The number of pyridine rings is 1. The number of nitrogens with zero attached hydrogens (tertiary/aromatic N) is 3. The van der Waals surface area contributed by atoms with Crippen LogP contribution in [0.5, 0.6) is 0 Å². The molecule has 3 aromatic rings. The largest absolute Gasteiger partial charge is 0.347 e. The first kappa shape index (κ1) is 14.8. The van der Waals surface area contributed by atoms with Gasteiger partial charge < -0.3 is 9.88 Å². The van der Waals surface area contributed by atoms with Crippen LogP contribution in [0.25, 0.3) is 10.9 Å². The van der Waals surface area contributed by atoms with Gasteiger partial charge in [0.15, 0.2) is 0 Å². The second-order valence-electron chi connectivity index (χ2n) is 5.28. The van der Waals surface area contributed by atoms with E-state index in [0.717, 1.165) is 29.6 Å². The number of nitriles is 1. The number of anilines is 1. The van der Waals surface area contributed by atoms with Gasteiger partial charge in [0, 0.05) is 24.6 Å². The molecule has 0 aliphatic heterocycles. The lowest BCUT2D eigenvalue weighted by molar-refractivity contribution is 0.102. The molecule has 0 aliphatic rings. The Morgan fingerprint density at radius 3 is 2.87 bits per heavy atom. The molecule has 3 rings (SSSR count). The van der Waals surface area contributed by atoms with Crippen LogP contribution in [0.4, 0.5) is 5.69 Å². The minimum Gasteiger partial charge on any atom is -0.347 e. The monoisotopic (exact) mass is 304 g/mol. The number of hydrogen-bond donors (Lipinski definition) is 1. The van der Waals surface area contributed by atoms with Crippen molar-refractivity contribution in [3.8, 4) is 6.07 Å². The molecule has 0 fully saturated rings. The van der Waals surface area contributed by atoms with Crippen molar-refractivity contribution in [1.29, 1.82) is 5.26 Å². The standard InChI is InChI=1S/C18H16N4O/c1-2-8-22-9-7-14-4-5-15(10-17(14)22)21-18(23)16-6-3-13(11-19)12-20-16/h3-7,9-10,12H,2,8H2,1H3,(H,21,23). The topological polar surface area (TPSA) is 70.7 Å². The molecule has 1 aromatic carbocycles. The fourth-order valence-corrected chi connectivity index (χ4v) is 2.49. The molecule has 1 amide bonds. The fourth-order valence-electron chi connectivity index (χ4n) is 2.49. The lowest BCUT2D eigenvalue weighted by Crippen LogP contribution is -2.13. The van der Waals surface area contributed by atoms with Crippen LogP contribution in [-0.4, -0.2) is 15.5 Å². The van der Waals surface area contributed by atoms with Gasteiger partial charge in [-0.05, 0) is 42.1 Å². The van der Waals surface area contributed by atoms with Crippen molar-refractivity contribution in [3.63, 3.8) is 0 Å². The molecule has 1 N–H and O–H groups in total. The Bertz CT molecular complexity index is 888. The average Bonchev–Trinajstić information content (AvgIpc) is 2.98. The van der Waals surface area contributed by atoms with Gasteiger partial charge in [-0.2, -0.15) is 5.26 Å². The summed E-state index contributed by atoms with van der Waals surface area (Å²) in [4.78, 5) is 16.2. The Morgan fingerprint density at radius 2 is 2.17 bits per heavy atom. The predicted octanol–water partition coefficient (Wildman–Crippen LogP) is 3.57. The first-order valence-electron chi connectivity index (χ1n) is 7.47. The van der Waals surface area contributed by atoms with Gasteiger partial charge in [-0.3, -0.25) is 4.79 Å². The van der Waals surface area contributed by atoms with Gasteiger partial charge in [0.05, 0.1) is 11.1 Å². The van der Waals surface area contributed by atoms with Crippen molar-refractivity contribution in [2.75, 3.05) is 5.32 Å². The maximum Gasteiger partial charge on any atom is 0.274 e. The zero-order chi connectivity index (χ0) is 16.2. The van der Waals surface area contributed by atoms with Crippen molar-refractivity contribution in [1.82, 2.24) is 9.55 Å². The van der Waals surface area contributed by atoms with E-state index < -0.39 is 0 Å². The number of hydrogen-bond acceptors (Lipinski definition) is 3. The van der Waals surface area contributed by atoms with Crippen molar-refractivity contribution in [2.45, 2.75) is 19.9 Å². The van der Waals surface area contributed by atoms with E-state index in [-0.39, 0.29) is 11.6 Å². The van der Waals surface area contributed by atoms with E-state index in [2.05, 4.69) is 34.1 Å². The van der Waals surface area contributed by atoms with Gasteiger partial charge >= 0.3 is 0 Å². The van der Waals surface area contributed by atoms with Crippen LogP contribution in [0.15, 0.2) is 48.8 Å². The third kappa shape index (κ3) is 3.06. The lowest BCUT2D eigenvalue weighted by Gasteiger charge is -2.07. The summed E-state index contributed by atoms with van der Waals surface area (Å²) < 4.78 is 2.17. The fraction of sp³-hybridized carbons (Fsp3) is 0.167. The molecule has 0 aliphatic carbocycles. The first-order valence-corrected chi connectivity index (χ1v) is 7.47. The van der Waals surface area contributed by atoms with Crippen LogP contribution < -0.4 is 5.32 Å². The van der Waals surface area contributed by atoms with Crippen molar-refractivity contribution in [2.24, 2.45) is 0 Å². The lowest BCUT2D eigenvalue weighted by atomic mass is 10.2. The van der Waals surface area contributed by atoms with Crippen LogP contribution in [-0.2, 0) is 6.54 Å². The molecule has 0 bridgehead atoms. The second-order valence-corrected chi connectivity index (χ2v) is 5.28. The van der Waals surface area contributed by atoms with Crippen molar-refractivity contribution in [3.05, 3.63) is 60.0 Å². The number of rotatable bonds is 4. The van der Waals surface area contributed by atoms with Crippen molar-refractivity contribution < 1.29 is 4.79 Å². The van der Waals surface area contributed by atoms with E-state index >= 15 is 0 Å². The molecule has 0 atom stereocenters. The van der Waals surface area contributed by atoms with Gasteiger partial charge in [-0.15, -0.1) is 0 Å². The summed E-state index contributed by atoms with van der Waals surface area (Å²) in [5.74, 6) is -0.289. The van der Waals surface area contributed by atoms with Gasteiger partial charge in [-0.1, -0.05) is 13.0 Å². The highest BCUT2D eigenvalue weighted by molar-refractivity contribution is 6.03. The Morgan fingerprint density at radius 1 is 1.30 bits per heavy atom.